The van der Waals surface area contributed by atoms with Crippen LogP contribution in [0.3, 0.4) is 0 Å². The Balaban J connectivity index is 2.07. The minimum Gasteiger partial charge on any atom is -0.322 e. The lowest BCUT2D eigenvalue weighted by Gasteiger charge is -2.12. The maximum absolute atomic E-state index is 12.9. The molecule has 25 heavy (non-hydrogen) atoms. The van der Waals surface area contributed by atoms with Crippen LogP contribution in [0.5, 0.6) is 0 Å². The topological polar surface area (TPSA) is 59.8 Å². The highest BCUT2D eigenvalue weighted by atomic mass is 79.9. The van der Waals surface area contributed by atoms with Gasteiger partial charge in [0.1, 0.15) is 0 Å². The third-order valence-electron chi connectivity index (χ3n) is 4.01. The number of hydrogen-bond acceptors (Lipinski definition) is 3. The molecule has 1 aromatic carbocycles. The van der Waals surface area contributed by atoms with Crippen molar-refractivity contribution in [2.24, 2.45) is 0 Å². The molecule has 0 saturated carbocycles. The highest BCUT2D eigenvalue weighted by molar-refractivity contribution is 9.10. The van der Waals surface area contributed by atoms with Gasteiger partial charge in [-0.1, -0.05) is 29.8 Å². The summed E-state index contributed by atoms with van der Waals surface area (Å²) >= 11 is 3.40. The lowest BCUT2D eigenvalue weighted by molar-refractivity contribution is 0.102. The Kier molecular flexibility index (Phi) is 4.90. The number of benzene rings is 1. The summed E-state index contributed by atoms with van der Waals surface area (Å²) in [6, 6.07) is 9.56. The van der Waals surface area contributed by atoms with Crippen molar-refractivity contribution in [3.8, 4) is 0 Å². The predicted octanol–water partition coefficient (Wildman–Crippen LogP) is 5.15. The summed E-state index contributed by atoms with van der Waals surface area (Å²) in [6.07, 6.45) is 1.73. The molecule has 0 bridgehead atoms. The van der Waals surface area contributed by atoms with Crippen LogP contribution in [0.1, 0.15) is 55.7 Å². The Labute approximate surface area is 155 Å². The van der Waals surface area contributed by atoms with Gasteiger partial charge in [0.05, 0.1) is 17.1 Å². The fraction of sp³-hybridized carbons (Fsp3) is 0.316. The number of aromatic nitrogens is 3. The Bertz CT molecular complexity index is 913. The van der Waals surface area contributed by atoms with E-state index in [2.05, 4.69) is 54.0 Å². The maximum Gasteiger partial charge on any atom is 0.256 e. The van der Waals surface area contributed by atoms with Crippen LogP contribution in [0.4, 0.5) is 5.69 Å². The molecule has 2 heterocycles. The van der Waals surface area contributed by atoms with Gasteiger partial charge >= 0.3 is 0 Å². The number of halogens is 1. The van der Waals surface area contributed by atoms with Crippen molar-refractivity contribution in [2.75, 3.05) is 5.32 Å². The van der Waals surface area contributed by atoms with E-state index in [1.807, 2.05) is 35.0 Å². The van der Waals surface area contributed by atoms with Crippen molar-refractivity contribution < 1.29 is 4.79 Å². The molecule has 0 atom stereocenters. The number of hydrogen-bond donors (Lipinski definition) is 1. The molecule has 3 rings (SSSR count). The van der Waals surface area contributed by atoms with Crippen LogP contribution >= 0.6 is 15.9 Å². The van der Waals surface area contributed by atoms with Crippen LogP contribution in [-0.2, 0) is 0 Å². The number of nitrogens with one attached hydrogen (secondary N) is 1. The zero-order chi connectivity index (χ0) is 18.1. The number of amides is 1. The largest absolute Gasteiger partial charge is 0.322 e. The number of anilines is 1. The van der Waals surface area contributed by atoms with Crippen molar-refractivity contribution in [3.05, 3.63) is 52.3 Å². The Morgan fingerprint density at radius 2 is 1.84 bits per heavy atom. The van der Waals surface area contributed by atoms with Crippen molar-refractivity contribution >= 4 is 38.6 Å². The molecule has 130 valence electrons. The van der Waals surface area contributed by atoms with Crippen LogP contribution in [0.2, 0.25) is 0 Å². The van der Waals surface area contributed by atoms with Gasteiger partial charge in [0.25, 0.3) is 5.91 Å². The molecule has 0 unspecified atom stereocenters. The van der Waals surface area contributed by atoms with Gasteiger partial charge in [-0.05, 0) is 50.1 Å². The zero-order valence-electron chi connectivity index (χ0n) is 14.7. The predicted molar refractivity (Wildman–Crippen MR) is 104 cm³/mol. The second-order valence-corrected chi connectivity index (χ2v) is 7.55. The summed E-state index contributed by atoms with van der Waals surface area (Å²) in [7, 11) is 0. The first-order valence-electron chi connectivity index (χ1n) is 8.32. The molecule has 1 N–H and O–H groups in total. The fourth-order valence-corrected chi connectivity index (χ4v) is 2.89. The third-order valence-corrected chi connectivity index (χ3v) is 4.54. The lowest BCUT2D eigenvalue weighted by atomic mass is 10.0. The first-order chi connectivity index (χ1) is 11.9. The number of carbonyl (C=O) groups is 1. The van der Waals surface area contributed by atoms with E-state index in [1.165, 1.54) is 0 Å². The van der Waals surface area contributed by atoms with E-state index >= 15 is 0 Å². The minimum atomic E-state index is -0.153. The van der Waals surface area contributed by atoms with E-state index < -0.39 is 0 Å². The van der Waals surface area contributed by atoms with E-state index in [1.54, 1.807) is 6.20 Å². The Hall–Kier alpha value is -2.21. The van der Waals surface area contributed by atoms with Crippen LogP contribution < -0.4 is 5.32 Å². The summed E-state index contributed by atoms with van der Waals surface area (Å²) in [4.78, 5) is 17.6. The van der Waals surface area contributed by atoms with E-state index in [-0.39, 0.29) is 17.9 Å². The highest BCUT2D eigenvalue weighted by Gasteiger charge is 2.19. The van der Waals surface area contributed by atoms with Crippen LogP contribution in [0.15, 0.2) is 41.0 Å². The average Bonchev–Trinajstić information content (AvgIpc) is 3.00. The molecule has 0 aliphatic rings. The Morgan fingerprint density at radius 1 is 1.16 bits per heavy atom. The molecule has 0 aliphatic heterocycles. The summed E-state index contributed by atoms with van der Waals surface area (Å²) in [6.45, 7) is 8.25. The fourth-order valence-electron chi connectivity index (χ4n) is 2.63. The average molecular weight is 401 g/mol. The van der Waals surface area contributed by atoms with Crippen molar-refractivity contribution in [1.29, 1.82) is 0 Å². The van der Waals surface area contributed by atoms with Gasteiger partial charge in [-0.3, -0.25) is 4.79 Å². The van der Waals surface area contributed by atoms with Gasteiger partial charge < -0.3 is 5.32 Å². The normalized spacial score (nSPS) is 11.5. The minimum absolute atomic E-state index is 0.153. The summed E-state index contributed by atoms with van der Waals surface area (Å²) < 4.78 is 2.83. The standard InChI is InChI=1S/C19H21BrN4O/c1-11(2)17-9-15(16-10-21-24(12(3)4)18(16)23-17)19(25)22-14-7-5-13(20)6-8-14/h5-12H,1-4H3,(H,22,25). The molecule has 5 nitrogen and oxygen atoms in total. The summed E-state index contributed by atoms with van der Waals surface area (Å²) in [5.41, 5.74) is 2.99. The number of rotatable bonds is 4. The number of pyridine rings is 1. The summed E-state index contributed by atoms with van der Waals surface area (Å²) in [5.74, 6) is 0.0686. The molecule has 1 amide bonds. The smallest absolute Gasteiger partial charge is 0.256 e. The first kappa shape index (κ1) is 17.6. The van der Waals surface area contributed by atoms with Crippen molar-refractivity contribution in [3.63, 3.8) is 0 Å². The molecule has 0 fully saturated rings. The van der Waals surface area contributed by atoms with Gasteiger partial charge in [-0.15, -0.1) is 0 Å². The number of nitrogens with zero attached hydrogens (tertiary/aromatic N) is 3. The monoisotopic (exact) mass is 400 g/mol. The van der Waals surface area contributed by atoms with Crippen LogP contribution in [-0.4, -0.2) is 20.7 Å². The maximum atomic E-state index is 12.9. The van der Waals surface area contributed by atoms with Gasteiger partial charge in [0.15, 0.2) is 5.65 Å². The summed E-state index contributed by atoms with van der Waals surface area (Å²) in [5, 5.41) is 8.15. The Morgan fingerprint density at radius 3 is 2.44 bits per heavy atom. The molecule has 0 saturated heterocycles. The van der Waals surface area contributed by atoms with Crippen LogP contribution in [0.25, 0.3) is 11.0 Å². The first-order valence-corrected chi connectivity index (χ1v) is 9.11. The molecular formula is C19H21BrN4O. The van der Waals surface area contributed by atoms with E-state index in [0.29, 0.717) is 5.56 Å². The zero-order valence-corrected chi connectivity index (χ0v) is 16.3. The SMILES string of the molecule is CC(C)c1cc(C(=O)Nc2ccc(Br)cc2)c2cnn(C(C)C)c2n1. The molecule has 3 aromatic rings. The second kappa shape index (κ2) is 6.96. The van der Waals surface area contributed by atoms with Gasteiger partial charge in [-0.25, -0.2) is 9.67 Å². The van der Waals surface area contributed by atoms with E-state index in [4.69, 9.17) is 4.98 Å². The van der Waals surface area contributed by atoms with Gasteiger partial charge in [0, 0.05) is 21.9 Å². The van der Waals surface area contributed by atoms with Crippen molar-refractivity contribution in [1.82, 2.24) is 14.8 Å². The number of fused-ring (bicyclic) bond motifs is 1. The molecule has 0 radical (unpaired) electrons. The molecular weight excluding hydrogens is 380 g/mol. The molecule has 0 aliphatic carbocycles. The molecule has 2 aromatic heterocycles. The number of carbonyl (C=O) groups excluding carboxylic acids is 1. The van der Waals surface area contributed by atoms with Gasteiger partial charge in [0.2, 0.25) is 0 Å². The quantitative estimate of drug-likeness (QED) is 0.658. The van der Waals surface area contributed by atoms with E-state index in [0.717, 1.165) is 26.9 Å². The second-order valence-electron chi connectivity index (χ2n) is 6.63. The highest BCUT2D eigenvalue weighted by Crippen LogP contribution is 2.25. The van der Waals surface area contributed by atoms with E-state index in [9.17, 15) is 4.79 Å². The molecule has 6 heteroatoms. The third kappa shape index (κ3) is 3.58. The van der Waals surface area contributed by atoms with Crippen molar-refractivity contribution in [2.45, 2.75) is 39.7 Å². The van der Waals surface area contributed by atoms with Crippen LogP contribution in [0, 0.1) is 0 Å². The lowest BCUT2D eigenvalue weighted by Crippen LogP contribution is -2.14. The van der Waals surface area contributed by atoms with Gasteiger partial charge in [-0.2, -0.15) is 5.10 Å². The molecule has 0 spiro atoms.